The zero-order valence-electron chi connectivity index (χ0n) is 13.2. The van der Waals surface area contributed by atoms with Crippen LogP contribution in [0.2, 0.25) is 0 Å². The Labute approximate surface area is 118 Å². The van der Waals surface area contributed by atoms with Crippen LogP contribution in [0.3, 0.4) is 0 Å². The number of aromatic nitrogens is 2. The zero-order valence-corrected chi connectivity index (χ0v) is 13.2. The first kappa shape index (κ1) is 16.1. The number of nitrogen functional groups attached to an aromatic ring is 1. The molecule has 0 amide bonds. The van der Waals surface area contributed by atoms with Crippen LogP contribution in [0.25, 0.3) is 0 Å². The maximum absolute atomic E-state index is 6.28. The van der Waals surface area contributed by atoms with Gasteiger partial charge in [-0.15, -0.1) is 0 Å². The van der Waals surface area contributed by atoms with Gasteiger partial charge in [-0.05, 0) is 33.1 Å². The van der Waals surface area contributed by atoms with E-state index < -0.39 is 0 Å². The first-order valence-corrected chi connectivity index (χ1v) is 7.97. The summed E-state index contributed by atoms with van der Waals surface area (Å²) in [6, 6.07) is 0.405. The molecular weight excluding hydrogens is 234 g/mol. The number of unbranched alkanes of at least 4 members (excludes halogenated alkanes) is 4. The minimum Gasteiger partial charge on any atom is -0.384 e. The van der Waals surface area contributed by atoms with Crippen LogP contribution < -0.4 is 5.73 Å². The molecule has 0 atom stereocenters. The molecule has 0 aliphatic carbocycles. The molecule has 0 radical (unpaired) electrons. The summed E-state index contributed by atoms with van der Waals surface area (Å²) >= 11 is 0. The third-order valence-electron chi connectivity index (χ3n) is 3.60. The predicted molar refractivity (Wildman–Crippen MR) is 83.5 cm³/mol. The number of anilines is 1. The van der Waals surface area contributed by atoms with E-state index in [-0.39, 0.29) is 0 Å². The van der Waals surface area contributed by atoms with Crippen molar-refractivity contribution in [1.82, 2.24) is 9.55 Å². The predicted octanol–water partition coefficient (Wildman–Crippen LogP) is 4.51. The average molecular weight is 265 g/mol. The summed E-state index contributed by atoms with van der Waals surface area (Å²) in [5, 5.41) is 0. The van der Waals surface area contributed by atoms with Crippen LogP contribution in [-0.4, -0.2) is 9.55 Å². The van der Waals surface area contributed by atoms with Gasteiger partial charge in [-0.3, -0.25) is 0 Å². The molecule has 0 bridgehead atoms. The molecule has 1 heterocycles. The summed E-state index contributed by atoms with van der Waals surface area (Å²) in [6.45, 7) is 8.81. The first-order valence-electron chi connectivity index (χ1n) is 7.97. The number of rotatable bonds is 9. The van der Waals surface area contributed by atoms with Gasteiger partial charge in [-0.1, -0.05) is 39.5 Å². The van der Waals surface area contributed by atoms with Gasteiger partial charge in [0.15, 0.2) is 0 Å². The van der Waals surface area contributed by atoms with Crippen LogP contribution >= 0.6 is 0 Å². The standard InChI is InChI=1S/C16H31N3/c1-5-7-8-9-10-12-14-16(17)19(13(3)4)15(18-14)11-6-2/h13H,5-12,17H2,1-4H3. The molecule has 0 saturated heterocycles. The van der Waals surface area contributed by atoms with E-state index in [1.165, 1.54) is 37.9 Å². The fourth-order valence-corrected chi connectivity index (χ4v) is 2.60. The minimum absolute atomic E-state index is 0.405. The molecule has 0 unspecified atom stereocenters. The average Bonchev–Trinajstić information content (AvgIpc) is 2.66. The van der Waals surface area contributed by atoms with Crippen molar-refractivity contribution in [3.63, 3.8) is 0 Å². The van der Waals surface area contributed by atoms with Crippen molar-refractivity contribution in [2.24, 2.45) is 0 Å². The Morgan fingerprint density at radius 3 is 2.26 bits per heavy atom. The van der Waals surface area contributed by atoms with Crippen LogP contribution in [0, 0.1) is 0 Å². The molecule has 0 aromatic carbocycles. The SMILES string of the molecule is CCCCCCCc1nc(CCC)n(C(C)C)c1N. The second-order valence-corrected chi connectivity index (χ2v) is 5.74. The highest BCUT2D eigenvalue weighted by atomic mass is 15.2. The first-order chi connectivity index (χ1) is 9.11. The van der Waals surface area contributed by atoms with Gasteiger partial charge in [0, 0.05) is 12.5 Å². The minimum atomic E-state index is 0.405. The van der Waals surface area contributed by atoms with Gasteiger partial charge in [0.25, 0.3) is 0 Å². The molecule has 0 aliphatic rings. The number of imidazole rings is 1. The van der Waals surface area contributed by atoms with Gasteiger partial charge in [0.05, 0.1) is 5.69 Å². The largest absolute Gasteiger partial charge is 0.384 e. The van der Waals surface area contributed by atoms with Crippen molar-refractivity contribution in [2.75, 3.05) is 5.73 Å². The molecule has 0 fully saturated rings. The Morgan fingerprint density at radius 1 is 1.00 bits per heavy atom. The van der Waals surface area contributed by atoms with E-state index in [1.807, 2.05) is 0 Å². The highest BCUT2D eigenvalue weighted by Gasteiger charge is 2.15. The normalized spacial score (nSPS) is 11.4. The molecule has 110 valence electrons. The Hall–Kier alpha value is -0.990. The number of nitrogens with two attached hydrogens (primary N) is 1. The monoisotopic (exact) mass is 265 g/mol. The van der Waals surface area contributed by atoms with Gasteiger partial charge < -0.3 is 10.3 Å². The second-order valence-electron chi connectivity index (χ2n) is 5.74. The quantitative estimate of drug-likeness (QED) is 0.667. The Balaban J connectivity index is 2.65. The molecule has 0 spiro atoms. The van der Waals surface area contributed by atoms with E-state index >= 15 is 0 Å². The highest BCUT2D eigenvalue weighted by Crippen LogP contribution is 2.23. The summed E-state index contributed by atoms with van der Waals surface area (Å²) < 4.78 is 2.21. The van der Waals surface area contributed by atoms with Crippen molar-refractivity contribution in [1.29, 1.82) is 0 Å². The fourth-order valence-electron chi connectivity index (χ4n) is 2.60. The Morgan fingerprint density at radius 2 is 1.68 bits per heavy atom. The van der Waals surface area contributed by atoms with Crippen LogP contribution in [0.5, 0.6) is 0 Å². The summed E-state index contributed by atoms with van der Waals surface area (Å²) in [4.78, 5) is 4.78. The van der Waals surface area contributed by atoms with Crippen molar-refractivity contribution in [2.45, 2.75) is 85.1 Å². The van der Waals surface area contributed by atoms with Crippen molar-refractivity contribution < 1.29 is 0 Å². The van der Waals surface area contributed by atoms with Gasteiger partial charge in [-0.2, -0.15) is 0 Å². The Kier molecular flexibility index (Phi) is 6.96. The van der Waals surface area contributed by atoms with E-state index in [1.54, 1.807) is 0 Å². The fraction of sp³-hybridized carbons (Fsp3) is 0.812. The van der Waals surface area contributed by atoms with E-state index in [2.05, 4.69) is 32.3 Å². The van der Waals surface area contributed by atoms with Gasteiger partial charge in [-0.25, -0.2) is 4.98 Å². The smallest absolute Gasteiger partial charge is 0.127 e. The van der Waals surface area contributed by atoms with E-state index in [0.29, 0.717) is 6.04 Å². The molecule has 0 saturated carbocycles. The number of hydrogen-bond donors (Lipinski definition) is 1. The molecule has 1 aromatic rings. The number of aryl methyl sites for hydroxylation is 2. The molecule has 3 heteroatoms. The van der Waals surface area contributed by atoms with Crippen molar-refractivity contribution in [3.05, 3.63) is 11.5 Å². The zero-order chi connectivity index (χ0) is 14.3. The van der Waals surface area contributed by atoms with E-state index in [0.717, 1.165) is 30.8 Å². The summed E-state index contributed by atoms with van der Waals surface area (Å²) in [5.74, 6) is 2.06. The maximum atomic E-state index is 6.28. The van der Waals surface area contributed by atoms with Crippen LogP contribution in [0.4, 0.5) is 5.82 Å². The highest BCUT2D eigenvalue weighted by molar-refractivity contribution is 5.39. The topological polar surface area (TPSA) is 43.8 Å². The molecule has 19 heavy (non-hydrogen) atoms. The van der Waals surface area contributed by atoms with Crippen LogP contribution in [-0.2, 0) is 12.8 Å². The third-order valence-corrected chi connectivity index (χ3v) is 3.60. The van der Waals surface area contributed by atoms with Gasteiger partial charge in [0.1, 0.15) is 11.6 Å². The lowest BCUT2D eigenvalue weighted by molar-refractivity contribution is 0.571. The number of nitrogens with zero attached hydrogens (tertiary/aromatic N) is 2. The maximum Gasteiger partial charge on any atom is 0.127 e. The molecule has 0 aliphatic heterocycles. The number of hydrogen-bond acceptors (Lipinski definition) is 2. The third kappa shape index (κ3) is 4.55. The molecule has 1 aromatic heterocycles. The lowest BCUT2D eigenvalue weighted by atomic mass is 10.1. The lowest BCUT2D eigenvalue weighted by Crippen LogP contribution is -2.09. The summed E-state index contributed by atoms with van der Waals surface area (Å²) in [6.07, 6.45) is 9.67. The molecular formula is C16H31N3. The molecule has 2 N–H and O–H groups in total. The van der Waals surface area contributed by atoms with Gasteiger partial charge >= 0.3 is 0 Å². The summed E-state index contributed by atoms with van der Waals surface area (Å²) in [7, 11) is 0. The van der Waals surface area contributed by atoms with Crippen molar-refractivity contribution >= 4 is 5.82 Å². The van der Waals surface area contributed by atoms with Gasteiger partial charge in [0.2, 0.25) is 0 Å². The molecule has 1 rings (SSSR count). The summed E-state index contributed by atoms with van der Waals surface area (Å²) in [5.41, 5.74) is 7.40. The lowest BCUT2D eigenvalue weighted by Gasteiger charge is -2.13. The van der Waals surface area contributed by atoms with Crippen molar-refractivity contribution in [3.8, 4) is 0 Å². The van der Waals surface area contributed by atoms with Crippen LogP contribution in [0.15, 0.2) is 0 Å². The van der Waals surface area contributed by atoms with Crippen LogP contribution in [0.1, 0.15) is 83.8 Å². The van der Waals surface area contributed by atoms with E-state index in [4.69, 9.17) is 10.7 Å². The van der Waals surface area contributed by atoms with E-state index in [9.17, 15) is 0 Å². The molecule has 3 nitrogen and oxygen atoms in total. The second kappa shape index (κ2) is 8.23. The Bertz CT molecular complexity index is 366.